The first kappa shape index (κ1) is 9.68. The van der Waals surface area contributed by atoms with Crippen LogP contribution in [0.25, 0.3) is 0 Å². The highest BCUT2D eigenvalue weighted by Crippen LogP contribution is 2.60. The first-order valence-electron chi connectivity index (χ1n) is 6.48. The maximum atomic E-state index is 11.6. The molecule has 0 aromatic heterocycles. The second kappa shape index (κ2) is 3.50. The summed E-state index contributed by atoms with van der Waals surface area (Å²) < 4.78 is 5.13. The van der Waals surface area contributed by atoms with Crippen molar-refractivity contribution in [3.05, 3.63) is 0 Å². The maximum absolute atomic E-state index is 11.6. The van der Waals surface area contributed by atoms with Crippen LogP contribution in [0.5, 0.6) is 0 Å². The molecule has 3 fully saturated rings. The Balaban J connectivity index is 1.56. The minimum absolute atomic E-state index is 0.0870. The maximum Gasteiger partial charge on any atom is 0.309 e. The van der Waals surface area contributed by atoms with Crippen molar-refractivity contribution in [1.82, 2.24) is 0 Å². The fourth-order valence-corrected chi connectivity index (χ4v) is 3.62. The van der Waals surface area contributed by atoms with Gasteiger partial charge in [-0.15, -0.1) is 0 Å². The SMILES string of the molecule is CCOC(=O)C1C2CCC(C3CC3)CC21. The molecule has 84 valence electrons. The summed E-state index contributed by atoms with van der Waals surface area (Å²) in [7, 11) is 0. The summed E-state index contributed by atoms with van der Waals surface area (Å²) in [6.45, 7) is 2.44. The van der Waals surface area contributed by atoms with Gasteiger partial charge >= 0.3 is 5.97 Å². The normalized spacial score (nSPS) is 43.3. The summed E-state index contributed by atoms with van der Waals surface area (Å²) in [5.41, 5.74) is 0. The van der Waals surface area contributed by atoms with Gasteiger partial charge in [0.1, 0.15) is 0 Å². The minimum atomic E-state index is 0.0870. The molecule has 2 nitrogen and oxygen atoms in total. The van der Waals surface area contributed by atoms with Gasteiger partial charge in [-0.1, -0.05) is 0 Å². The van der Waals surface area contributed by atoms with E-state index in [1.54, 1.807) is 0 Å². The summed E-state index contributed by atoms with van der Waals surface area (Å²) in [6, 6.07) is 0. The van der Waals surface area contributed by atoms with Gasteiger partial charge in [0.15, 0.2) is 0 Å². The van der Waals surface area contributed by atoms with Crippen LogP contribution in [-0.2, 0) is 9.53 Å². The summed E-state index contributed by atoms with van der Waals surface area (Å²) in [5, 5.41) is 0. The van der Waals surface area contributed by atoms with Crippen molar-refractivity contribution < 1.29 is 9.53 Å². The quantitative estimate of drug-likeness (QED) is 0.666. The Labute approximate surface area is 91.4 Å². The third-order valence-electron chi connectivity index (χ3n) is 4.62. The van der Waals surface area contributed by atoms with Gasteiger partial charge in [0.2, 0.25) is 0 Å². The van der Waals surface area contributed by atoms with Gasteiger partial charge in [-0.25, -0.2) is 0 Å². The van der Waals surface area contributed by atoms with Gasteiger partial charge in [0, 0.05) is 0 Å². The topological polar surface area (TPSA) is 26.3 Å². The number of rotatable bonds is 3. The Kier molecular flexibility index (Phi) is 2.26. The molecule has 3 rings (SSSR count). The number of ether oxygens (including phenoxy) is 1. The fraction of sp³-hybridized carbons (Fsp3) is 0.923. The number of esters is 1. The summed E-state index contributed by atoms with van der Waals surface area (Å²) in [4.78, 5) is 11.6. The van der Waals surface area contributed by atoms with Crippen LogP contribution < -0.4 is 0 Å². The molecule has 0 spiro atoms. The number of carbonyl (C=O) groups is 1. The van der Waals surface area contributed by atoms with E-state index in [9.17, 15) is 4.79 Å². The van der Waals surface area contributed by atoms with Crippen molar-refractivity contribution in [2.24, 2.45) is 29.6 Å². The number of hydrogen-bond acceptors (Lipinski definition) is 2. The van der Waals surface area contributed by atoms with Crippen LogP contribution in [0.1, 0.15) is 39.0 Å². The molecule has 0 aromatic carbocycles. The molecule has 0 N–H and O–H groups in total. The van der Waals surface area contributed by atoms with Crippen molar-refractivity contribution in [2.75, 3.05) is 6.61 Å². The second-order valence-electron chi connectivity index (χ2n) is 5.52. The molecule has 0 amide bonds. The van der Waals surface area contributed by atoms with E-state index in [0.29, 0.717) is 18.4 Å². The average molecular weight is 208 g/mol. The smallest absolute Gasteiger partial charge is 0.309 e. The van der Waals surface area contributed by atoms with Crippen molar-refractivity contribution in [3.8, 4) is 0 Å². The lowest BCUT2D eigenvalue weighted by Gasteiger charge is -2.19. The van der Waals surface area contributed by atoms with Crippen LogP contribution in [0.15, 0.2) is 0 Å². The van der Waals surface area contributed by atoms with Crippen LogP contribution in [-0.4, -0.2) is 12.6 Å². The van der Waals surface area contributed by atoms with E-state index in [1.807, 2.05) is 6.92 Å². The van der Waals surface area contributed by atoms with Crippen molar-refractivity contribution >= 4 is 5.97 Å². The minimum Gasteiger partial charge on any atom is -0.466 e. The standard InChI is InChI=1S/C13H20O2/c1-2-15-13(14)12-10-6-5-9(7-11(10)12)8-3-4-8/h8-12H,2-7H2,1H3. The van der Waals surface area contributed by atoms with Crippen molar-refractivity contribution in [3.63, 3.8) is 0 Å². The second-order valence-corrected chi connectivity index (χ2v) is 5.52. The van der Waals surface area contributed by atoms with Crippen LogP contribution in [0.4, 0.5) is 0 Å². The zero-order valence-electron chi connectivity index (χ0n) is 9.45. The molecule has 4 atom stereocenters. The Morgan fingerprint density at radius 1 is 1.13 bits per heavy atom. The zero-order valence-corrected chi connectivity index (χ0v) is 9.45. The van der Waals surface area contributed by atoms with Gasteiger partial charge in [0.05, 0.1) is 12.5 Å². The Hall–Kier alpha value is -0.530. The first-order chi connectivity index (χ1) is 7.31. The van der Waals surface area contributed by atoms with E-state index in [0.717, 1.165) is 11.8 Å². The molecule has 3 aliphatic carbocycles. The summed E-state index contributed by atoms with van der Waals surface area (Å²) >= 11 is 0. The van der Waals surface area contributed by atoms with Gasteiger partial charge in [0.25, 0.3) is 0 Å². The van der Waals surface area contributed by atoms with E-state index in [2.05, 4.69) is 0 Å². The number of fused-ring (bicyclic) bond motifs is 1. The van der Waals surface area contributed by atoms with E-state index in [4.69, 9.17) is 4.74 Å². The van der Waals surface area contributed by atoms with E-state index < -0.39 is 0 Å². The summed E-state index contributed by atoms with van der Waals surface area (Å²) in [5.74, 6) is 3.74. The van der Waals surface area contributed by atoms with Crippen molar-refractivity contribution in [1.29, 1.82) is 0 Å². The van der Waals surface area contributed by atoms with Gasteiger partial charge in [-0.3, -0.25) is 4.79 Å². The molecule has 15 heavy (non-hydrogen) atoms. The van der Waals surface area contributed by atoms with Gasteiger partial charge in [-0.05, 0) is 62.7 Å². The molecule has 0 bridgehead atoms. The zero-order chi connectivity index (χ0) is 10.4. The molecule has 0 heterocycles. The Morgan fingerprint density at radius 3 is 2.53 bits per heavy atom. The molecule has 0 aliphatic heterocycles. The molecule has 4 unspecified atom stereocenters. The first-order valence-corrected chi connectivity index (χ1v) is 6.48. The van der Waals surface area contributed by atoms with Gasteiger partial charge in [-0.2, -0.15) is 0 Å². The summed E-state index contributed by atoms with van der Waals surface area (Å²) in [6.07, 6.45) is 6.88. The predicted molar refractivity (Wildman–Crippen MR) is 57.2 cm³/mol. The third-order valence-corrected chi connectivity index (χ3v) is 4.62. The molecular weight excluding hydrogens is 188 g/mol. The molecule has 0 saturated heterocycles. The number of hydrogen-bond donors (Lipinski definition) is 0. The largest absolute Gasteiger partial charge is 0.466 e. The van der Waals surface area contributed by atoms with Crippen LogP contribution in [0.2, 0.25) is 0 Å². The van der Waals surface area contributed by atoms with Crippen LogP contribution in [0, 0.1) is 29.6 Å². The Bertz CT molecular complexity index is 270. The lowest BCUT2D eigenvalue weighted by molar-refractivity contribution is -0.145. The predicted octanol–water partition coefficient (Wildman–Crippen LogP) is 2.62. The van der Waals surface area contributed by atoms with Crippen LogP contribution in [0.3, 0.4) is 0 Å². The highest BCUT2D eigenvalue weighted by Gasteiger charge is 2.58. The lowest BCUT2D eigenvalue weighted by Crippen LogP contribution is -2.10. The molecule has 0 radical (unpaired) electrons. The lowest BCUT2D eigenvalue weighted by atomic mass is 9.86. The van der Waals surface area contributed by atoms with Gasteiger partial charge < -0.3 is 4.74 Å². The molecule has 0 aromatic rings. The molecule has 2 heteroatoms. The highest BCUT2D eigenvalue weighted by atomic mass is 16.5. The van der Waals surface area contributed by atoms with E-state index >= 15 is 0 Å². The molecule has 3 aliphatic rings. The monoisotopic (exact) mass is 208 g/mol. The number of carbonyl (C=O) groups excluding carboxylic acids is 1. The third kappa shape index (κ3) is 1.68. The van der Waals surface area contributed by atoms with E-state index in [-0.39, 0.29) is 11.9 Å². The average Bonchev–Trinajstić information content (AvgIpc) is 3.12. The van der Waals surface area contributed by atoms with Crippen LogP contribution >= 0.6 is 0 Å². The molecule has 3 saturated carbocycles. The Morgan fingerprint density at radius 2 is 1.87 bits per heavy atom. The fourth-order valence-electron chi connectivity index (χ4n) is 3.62. The van der Waals surface area contributed by atoms with E-state index in [1.165, 1.54) is 32.1 Å². The highest BCUT2D eigenvalue weighted by molar-refractivity contribution is 5.76. The van der Waals surface area contributed by atoms with Crippen molar-refractivity contribution in [2.45, 2.75) is 39.0 Å². The molecular formula is C13H20O2.